The first kappa shape index (κ1) is 22.9. The Bertz CT molecular complexity index is 1020. The van der Waals surface area contributed by atoms with Crippen LogP contribution in [0.25, 0.3) is 0 Å². The van der Waals surface area contributed by atoms with Gasteiger partial charge in [-0.25, -0.2) is 0 Å². The van der Waals surface area contributed by atoms with Gasteiger partial charge in [0.2, 0.25) is 5.91 Å². The van der Waals surface area contributed by atoms with Gasteiger partial charge in [0.25, 0.3) is 5.91 Å². The summed E-state index contributed by atoms with van der Waals surface area (Å²) in [5.74, 6) is 0.635. The van der Waals surface area contributed by atoms with E-state index < -0.39 is 6.04 Å². The van der Waals surface area contributed by atoms with Crippen LogP contribution in [-0.4, -0.2) is 22.8 Å². The molecule has 1 unspecified atom stereocenters. The summed E-state index contributed by atoms with van der Waals surface area (Å²) >= 11 is 0. The van der Waals surface area contributed by atoms with Crippen molar-refractivity contribution in [2.75, 3.05) is 0 Å². The highest BCUT2D eigenvalue weighted by atomic mass is 16.3. The van der Waals surface area contributed by atoms with Crippen molar-refractivity contribution in [1.29, 1.82) is 0 Å². The summed E-state index contributed by atoms with van der Waals surface area (Å²) < 4.78 is 10.9. The van der Waals surface area contributed by atoms with Crippen molar-refractivity contribution >= 4 is 11.8 Å². The zero-order chi connectivity index (χ0) is 23.2. The number of furan rings is 2. The lowest BCUT2D eigenvalue weighted by Crippen LogP contribution is -2.46. The molecule has 33 heavy (non-hydrogen) atoms. The van der Waals surface area contributed by atoms with Crippen LogP contribution in [0.15, 0.2) is 69.9 Å². The minimum atomic E-state index is -0.809. The molecule has 1 aliphatic carbocycles. The highest BCUT2D eigenvalue weighted by Gasteiger charge is 2.35. The van der Waals surface area contributed by atoms with Crippen molar-refractivity contribution < 1.29 is 18.4 Å². The first-order chi connectivity index (χ1) is 16.0. The van der Waals surface area contributed by atoms with Crippen LogP contribution in [0.4, 0.5) is 0 Å². The SMILES string of the molecule is CC(C)c1ccc(C(C(=O)NC2CCCCC2)N(Cc2ccco2)C(=O)c2ccco2)cc1. The molecule has 1 atom stereocenters. The third-order valence-corrected chi connectivity index (χ3v) is 6.33. The Morgan fingerprint density at radius 2 is 1.61 bits per heavy atom. The predicted octanol–water partition coefficient (Wildman–Crippen LogP) is 5.83. The first-order valence-electron chi connectivity index (χ1n) is 11.8. The molecule has 6 nitrogen and oxygen atoms in total. The van der Waals surface area contributed by atoms with Gasteiger partial charge in [-0.05, 0) is 54.2 Å². The molecule has 174 valence electrons. The fraction of sp³-hybridized carbons (Fsp3) is 0.407. The van der Waals surface area contributed by atoms with Gasteiger partial charge in [0, 0.05) is 6.04 Å². The number of nitrogens with one attached hydrogen (secondary N) is 1. The third kappa shape index (κ3) is 5.56. The average Bonchev–Trinajstić information content (AvgIpc) is 3.54. The second kappa shape index (κ2) is 10.6. The molecule has 0 radical (unpaired) electrons. The standard InChI is InChI=1S/C27H32N2O4/c1-19(2)20-12-14-21(15-13-20)25(26(30)28-22-8-4-3-5-9-22)29(18-23-10-6-16-32-23)27(31)24-11-7-17-33-24/h6-7,10-17,19,22,25H,3-5,8-9,18H2,1-2H3,(H,28,30). The van der Waals surface area contributed by atoms with Crippen molar-refractivity contribution in [3.63, 3.8) is 0 Å². The van der Waals surface area contributed by atoms with Crippen LogP contribution in [-0.2, 0) is 11.3 Å². The molecular weight excluding hydrogens is 416 g/mol. The summed E-state index contributed by atoms with van der Waals surface area (Å²) in [4.78, 5) is 28.8. The fourth-order valence-electron chi connectivity index (χ4n) is 4.46. The van der Waals surface area contributed by atoms with Crippen molar-refractivity contribution in [2.24, 2.45) is 0 Å². The molecular formula is C27H32N2O4. The average molecular weight is 449 g/mol. The van der Waals surface area contributed by atoms with Gasteiger partial charge in [0.15, 0.2) is 5.76 Å². The van der Waals surface area contributed by atoms with Crippen molar-refractivity contribution in [2.45, 2.75) is 70.5 Å². The second-order valence-electron chi connectivity index (χ2n) is 9.06. The second-order valence-corrected chi connectivity index (χ2v) is 9.06. The van der Waals surface area contributed by atoms with E-state index >= 15 is 0 Å². The highest BCUT2D eigenvalue weighted by Crippen LogP contribution is 2.29. The van der Waals surface area contributed by atoms with E-state index in [1.165, 1.54) is 18.2 Å². The normalized spacial score (nSPS) is 15.4. The lowest BCUT2D eigenvalue weighted by atomic mass is 9.94. The van der Waals surface area contributed by atoms with Crippen LogP contribution in [0.1, 0.15) is 85.4 Å². The molecule has 1 saturated carbocycles. The molecule has 3 aromatic rings. The monoisotopic (exact) mass is 448 g/mol. The van der Waals surface area contributed by atoms with E-state index in [1.807, 2.05) is 24.3 Å². The van der Waals surface area contributed by atoms with Crippen molar-refractivity contribution in [1.82, 2.24) is 10.2 Å². The van der Waals surface area contributed by atoms with Crippen LogP contribution < -0.4 is 5.32 Å². The Hall–Kier alpha value is -3.28. The van der Waals surface area contributed by atoms with Gasteiger partial charge in [-0.2, -0.15) is 0 Å². The van der Waals surface area contributed by atoms with Crippen molar-refractivity contribution in [3.05, 3.63) is 83.7 Å². The Morgan fingerprint density at radius 1 is 0.939 bits per heavy atom. The first-order valence-corrected chi connectivity index (χ1v) is 11.8. The zero-order valence-electron chi connectivity index (χ0n) is 19.3. The van der Waals surface area contributed by atoms with Gasteiger partial charge in [-0.15, -0.1) is 0 Å². The van der Waals surface area contributed by atoms with E-state index in [0.29, 0.717) is 11.7 Å². The summed E-state index contributed by atoms with van der Waals surface area (Å²) in [5, 5.41) is 3.22. The van der Waals surface area contributed by atoms with E-state index in [1.54, 1.807) is 35.4 Å². The van der Waals surface area contributed by atoms with Gasteiger partial charge < -0.3 is 19.1 Å². The lowest BCUT2D eigenvalue weighted by Gasteiger charge is -2.32. The number of benzene rings is 1. The molecule has 2 aromatic heterocycles. The number of carbonyl (C=O) groups excluding carboxylic acids is 2. The number of amides is 2. The number of carbonyl (C=O) groups is 2. The Kier molecular flexibility index (Phi) is 7.33. The number of hydrogen-bond acceptors (Lipinski definition) is 4. The summed E-state index contributed by atoms with van der Waals surface area (Å²) in [7, 11) is 0. The minimum Gasteiger partial charge on any atom is -0.467 e. The number of rotatable bonds is 8. The van der Waals surface area contributed by atoms with E-state index in [0.717, 1.165) is 31.2 Å². The minimum absolute atomic E-state index is 0.132. The van der Waals surface area contributed by atoms with E-state index in [-0.39, 0.29) is 30.2 Å². The maximum Gasteiger partial charge on any atom is 0.290 e. The number of nitrogens with zero attached hydrogens (tertiary/aromatic N) is 1. The fourth-order valence-corrected chi connectivity index (χ4v) is 4.46. The number of hydrogen-bond donors (Lipinski definition) is 1. The van der Waals surface area contributed by atoms with Crippen molar-refractivity contribution in [3.8, 4) is 0 Å². The van der Waals surface area contributed by atoms with Crippen LogP contribution in [0, 0.1) is 0 Å². The largest absolute Gasteiger partial charge is 0.467 e. The summed E-state index contributed by atoms with van der Waals surface area (Å²) in [6, 6.07) is 14.2. The quantitative estimate of drug-likeness (QED) is 0.470. The van der Waals surface area contributed by atoms with Gasteiger partial charge in [0.1, 0.15) is 11.8 Å². The third-order valence-electron chi connectivity index (χ3n) is 6.33. The Morgan fingerprint density at radius 3 is 2.21 bits per heavy atom. The molecule has 2 amide bonds. The van der Waals surface area contributed by atoms with Crippen LogP contribution >= 0.6 is 0 Å². The highest BCUT2D eigenvalue weighted by molar-refractivity contribution is 5.96. The van der Waals surface area contributed by atoms with Crippen LogP contribution in [0.5, 0.6) is 0 Å². The molecule has 0 aliphatic heterocycles. The molecule has 1 fully saturated rings. The molecule has 4 rings (SSSR count). The van der Waals surface area contributed by atoms with E-state index in [4.69, 9.17) is 8.83 Å². The van der Waals surface area contributed by atoms with Crippen LogP contribution in [0.2, 0.25) is 0 Å². The summed E-state index contributed by atoms with van der Waals surface area (Å²) in [6.45, 7) is 4.42. The van der Waals surface area contributed by atoms with Gasteiger partial charge in [-0.3, -0.25) is 9.59 Å². The lowest BCUT2D eigenvalue weighted by molar-refractivity contribution is -0.127. The molecule has 6 heteroatoms. The maximum absolute atomic E-state index is 13.7. The van der Waals surface area contributed by atoms with Gasteiger partial charge in [-0.1, -0.05) is 57.4 Å². The predicted molar refractivity (Wildman–Crippen MR) is 126 cm³/mol. The molecule has 0 spiro atoms. The van der Waals surface area contributed by atoms with Gasteiger partial charge >= 0.3 is 0 Å². The van der Waals surface area contributed by atoms with Gasteiger partial charge in [0.05, 0.1) is 19.1 Å². The molecule has 1 aromatic carbocycles. The Balaban J connectivity index is 1.71. The van der Waals surface area contributed by atoms with Crippen LogP contribution in [0.3, 0.4) is 0 Å². The molecule has 0 saturated heterocycles. The molecule has 0 bridgehead atoms. The Labute approximate surface area is 195 Å². The van der Waals surface area contributed by atoms with E-state index in [9.17, 15) is 9.59 Å². The molecule has 2 heterocycles. The zero-order valence-corrected chi connectivity index (χ0v) is 19.3. The summed E-state index contributed by atoms with van der Waals surface area (Å²) in [6.07, 6.45) is 8.39. The summed E-state index contributed by atoms with van der Waals surface area (Å²) in [5.41, 5.74) is 1.94. The smallest absolute Gasteiger partial charge is 0.290 e. The van der Waals surface area contributed by atoms with E-state index in [2.05, 4.69) is 19.2 Å². The topological polar surface area (TPSA) is 75.7 Å². The maximum atomic E-state index is 13.7. The molecule has 1 aliphatic rings. The molecule has 1 N–H and O–H groups in total.